The lowest BCUT2D eigenvalue weighted by Gasteiger charge is -2.28. The zero-order valence-corrected chi connectivity index (χ0v) is 13.2. The minimum absolute atomic E-state index is 0.0342. The Balaban J connectivity index is 1.71. The number of carbonyl (C=O) groups excluding carboxylic acids is 2. The van der Waals surface area contributed by atoms with Crippen LogP contribution >= 0.6 is 0 Å². The number of benzene rings is 1. The van der Waals surface area contributed by atoms with Crippen molar-refractivity contribution in [1.82, 2.24) is 5.43 Å². The third kappa shape index (κ3) is 3.31. The number of nitrogens with one attached hydrogen (secondary N) is 2. The molecule has 0 unspecified atom stereocenters. The van der Waals surface area contributed by atoms with E-state index in [2.05, 4.69) is 10.9 Å². The molecule has 0 saturated carbocycles. The minimum Gasteiger partial charge on any atom is -0.481 e. The number of carbonyl (C=O) groups is 2. The van der Waals surface area contributed by atoms with E-state index in [9.17, 15) is 9.59 Å². The van der Waals surface area contributed by atoms with Crippen molar-refractivity contribution in [3.05, 3.63) is 30.0 Å². The number of hydrogen-bond donors (Lipinski definition) is 2. The number of amides is 1. The number of rotatable bonds is 4. The Morgan fingerprint density at radius 1 is 1.22 bits per heavy atom. The molecule has 1 amide bonds. The number of hydrogen-bond acceptors (Lipinski definition) is 5. The molecule has 0 aromatic heterocycles. The summed E-state index contributed by atoms with van der Waals surface area (Å²) in [5.74, 6) is 0.763. The van der Waals surface area contributed by atoms with Gasteiger partial charge >= 0.3 is 0 Å². The fourth-order valence-electron chi connectivity index (χ4n) is 2.81. The van der Waals surface area contributed by atoms with Gasteiger partial charge in [0.25, 0.3) is 5.91 Å². The van der Waals surface area contributed by atoms with Gasteiger partial charge < -0.3 is 15.1 Å². The number of allylic oxidation sites excluding steroid dienone is 2. The van der Waals surface area contributed by atoms with Gasteiger partial charge in [-0.05, 0) is 38.3 Å². The summed E-state index contributed by atoms with van der Waals surface area (Å²) in [5, 5.41) is 0. The number of ketones is 1. The van der Waals surface area contributed by atoms with Gasteiger partial charge in [-0.1, -0.05) is 6.08 Å². The van der Waals surface area contributed by atoms with Crippen molar-refractivity contribution in [2.24, 2.45) is 0 Å². The van der Waals surface area contributed by atoms with Gasteiger partial charge in [-0.2, -0.15) is 0 Å². The Morgan fingerprint density at radius 2 is 2.09 bits per heavy atom. The zero-order valence-electron chi connectivity index (χ0n) is 13.2. The van der Waals surface area contributed by atoms with E-state index in [4.69, 9.17) is 4.74 Å². The van der Waals surface area contributed by atoms with Gasteiger partial charge in [0.05, 0.1) is 17.1 Å². The number of fused-ring (bicyclic) bond motifs is 1. The highest BCUT2D eigenvalue weighted by Crippen LogP contribution is 2.34. The molecular formula is C17H21N3O3. The maximum Gasteiger partial charge on any atom is 0.265 e. The Kier molecular flexibility index (Phi) is 4.50. The van der Waals surface area contributed by atoms with Crippen molar-refractivity contribution in [3.63, 3.8) is 0 Å². The molecule has 2 aliphatic rings. The molecule has 23 heavy (non-hydrogen) atoms. The summed E-state index contributed by atoms with van der Waals surface area (Å²) in [4.78, 5) is 25.5. The maximum atomic E-state index is 11.9. The van der Waals surface area contributed by atoms with Crippen LogP contribution in [0.5, 0.6) is 5.75 Å². The topological polar surface area (TPSA) is 70.7 Å². The maximum absolute atomic E-state index is 11.9. The third-order valence-corrected chi connectivity index (χ3v) is 4.07. The molecule has 6 nitrogen and oxygen atoms in total. The SMILES string of the molecule is CCN1C(=O)COc2cc(NNC3=CCCCCC3=O)ccc21. The number of ether oxygens (including phenoxy) is 1. The van der Waals surface area contributed by atoms with Gasteiger partial charge in [-0.25, -0.2) is 0 Å². The summed E-state index contributed by atoms with van der Waals surface area (Å²) in [5.41, 5.74) is 8.22. The summed E-state index contributed by atoms with van der Waals surface area (Å²) in [7, 11) is 0. The molecule has 0 bridgehead atoms. The predicted molar refractivity (Wildman–Crippen MR) is 88.3 cm³/mol. The quantitative estimate of drug-likeness (QED) is 0.835. The zero-order chi connectivity index (χ0) is 16.2. The van der Waals surface area contributed by atoms with E-state index in [1.165, 1.54) is 0 Å². The standard InChI is InChI=1S/C17H21N3O3/c1-2-20-14-9-8-12(10-16(14)23-11-17(20)22)18-19-13-6-4-3-5-7-15(13)21/h6,8-10,18-19H,2-5,7,11H2,1H3. The first-order chi connectivity index (χ1) is 11.2. The highest BCUT2D eigenvalue weighted by molar-refractivity contribution is 5.98. The lowest BCUT2D eigenvalue weighted by molar-refractivity contribution is -0.121. The number of likely N-dealkylation sites (N-methyl/N-ethyl adjacent to an activating group) is 1. The van der Waals surface area contributed by atoms with Gasteiger partial charge in [0.15, 0.2) is 12.4 Å². The Labute approximate surface area is 135 Å². The lowest BCUT2D eigenvalue weighted by Crippen LogP contribution is -2.38. The van der Waals surface area contributed by atoms with Crippen LogP contribution in [0.15, 0.2) is 30.0 Å². The van der Waals surface area contributed by atoms with E-state index in [0.717, 1.165) is 30.6 Å². The first kappa shape index (κ1) is 15.4. The van der Waals surface area contributed by atoms with Crippen LogP contribution in [0.25, 0.3) is 0 Å². The van der Waals surface area contributed by atoms with Crippen molar-refractivity contribution in [2.45, 2.75) is 32.6 Å². The van der Waals surface area contributed by atoms with Crippen LogP contribution in [-0.2, 0) is 9.59 Å². The summed E-state index contributed by atoms with van der Waals surface area (Å²) in [6.45, 7) is 2.60. The summed E-state index contributed by atoms with van der Waals surface area (Å²) in [6, 6.07) is 5.54. The van der Waals surface area contributed by atoms with Crippen LogP contribution in [-0.4, -0.2) is 24.8 Å². The minimum atomic E-state index is -0.0342. The molecule has 0 radical (unpaired) electrons. The highest BCUT2D eigenvalue weighted by atomic mass is 16.5. The first-order valence-corrected chi connectivity index (χ1v) is 8.01. The van der Waals surface area contributed by atoms with Gasteiger partial charge in [0, 0.05) is 19.0 Å². The van der Waals surface area contributed by atoms with Crippen LogP contribution in [0.1, 0.15) is 32.6 Å². The summed E-state index contributed by atoms with van der Waals surface area (Å²) < 4.78 is 5.50. The van der Waals surface area contributed by atoms with Crippen molar-refractivity contribution in [1.29, 1.82) is 0 Å². The van der Waals surface area contributed by atoms with Gasteiger partial charge in [0.1, 0.15) is 5.75 Å². The molecule has 122 valence electrons. The van der Waals surface area contributed by atoms with E-state index in [1.807, 2.05) is 31.2 Å². The van der Waals surface area contributed by atoms with Crippen LogP contribution in [0.2, 0.25) is 0 Å². The van der Waals surface area contributed by atoms with E-state index >= 15 is 0 Å². The smallest absolute Gasteiger partial charge is 0.265 e. The number of nitrogens with zero attached hydrogens (tertiary/aromatic N) is 1. The highest BCUT2D eigenvalue weighted by Gasteiger charge is 2.24. The fraction of sp³-hybridized carbons (Fsp3) is 0.412. The van der Waals surface area contributed by atoms with Crippen LogP contribution in [0, 0.1) is 0 Å². The van der Waals surface area contributed by atoms with Crippen molar-refractivity contribution < 1.29 is 14.3 Å². The molecule has 1 aliphatic carbocycles. The fourth-order valence-corrected chi connectivity index (χ4v) is 2.81. The first-order valence-electron chi connectivity index (χ1n) is 8.01. The van der Waals surface area contributed by atoms with Crippen molar-refractivity contribution in [2.75, 3.05) is 23.5 Å². The van der Waals surface area contributed by atoms with Crippen LogP contribution < -0.4 is 20.5 Å². The Bertz CT molecular complexity index is 654. The van der Waals surface area contributed by atoms with Crippen molar-refractivity contribution in [3.8, 4) is 5.75 Å². The van der Waals surface area contributed by atoms with Gasteiger partial charge in [0.2, 0.25) is 0 Å². The second kappa shape index (κ2) is 6.73. The molecule has 0 fully saturated rings. The number of Topliss-reactive ketones (excluding diaryl/α,β-unsaturated/α-hetero) is 1. The number of anilines is 2. The van der Waals surface area contributed by atoms with E-state index in [0.29, 0.717) is 24.4 Å². The van der Waals surface area contributed by atoms with Crippen LogP contribution in [0.4, 0.5) is 11.4 Å². The average Bonchev–Trinajstić information content (AvgIpc) is 2.77. The Morgan fingerprint density at radius 3 is 2.91 bits per heavy atom. The molecule has 2 N–H and O–H groups in total. The molecule has 1 aromatic carbocycles. The largest absolute Gasteiger partial charge is 0.481 e. The molecule has 1 heterocycles. The van der Waals surface area contributed by atoms with E-state index in [-0.39, 0.29) is 18.3 Å². The number of hydrazine groups is 1. The molecule has 3 rings (SSSR count). The molecular weight excluding hydrogens is 294 g/mol. The molecule has 1 aromatic rings. The summed E-state index contributed by atoms with van der Waals surface area (Å²) >= 11 is 0. The second-order valence-corrected chi connectivity index (χ2v) is 5.65. The predicted octanol–water partition coefficient (Wildman–Crippen LogP) is 2.38. The third-order valence-electron chi connectivity index (χ3n) is 4.07. The lowest BCUT2D eigenvalue weighted by atomic mass is 10.2. The van der Waals surface area contributed by atoms with E-state index in [1.54, 1.807) is 4.90 Å². The van der Waals surface area contributed by atoms with E-state index < -0.39 is 0 Å². The molecule has 0 atom stereocenters. The monoisotopic (exact) mass is 315 g/mol. The van der Waals surface area contributed by atoms with Gasteiger partial charge in [-0.15, -0.1) is 0 Å². The summed E-state index contributed by atoms with van der Waals surface area (Å²) in [6.07, 6.45) is 5.42. The normalized spacial score (nSPS) is 17.8. The Hall–Kier alpha value is -2.50. The average molecular weight is 315 g/mol. The molecule has 0 saturated heterocycles. The van der Waals surface area contributed by atoms with Gasteiger partial charge in [-0.3, -0.25) is 15.0 Å². The second-order valence-electron chi connectivity index (χ2n) is 5.65. The van der Waals surface area contributed by atoms with Crippen LogP contribution in [0.3, 0.4) is 0 Å². The van der Waals surface area contributed by atoms with Crippen molar-refractivity contribution >= 4 is 23.1 Å². The molecule has 0 spiro atoms. The molecule has 6 heteroatoms. The molecule has 1 aliphatic heterocycles.